The summed E-state index contributed by atoms with van der Waals surface area (Å²) in [4.78, 5) is 29.2. The Bertz CT molecular complexity index is 1270. The minimum absolute atomic E-state index is 0.00989. The summed E-state index contributed by atoms with van der Waals surface area (Å²) in [6.07, 6.45) is 0. The number of nitrogens with zero attached hydrogens (tertiary/aromatic N) is 3. The van der Waals surface area contributed by atoms with E-state index in [0.29, 0.717) is 22.9 Å². The lowest BCUT2D eigenvalue weighted by molar-refractivity contribution is -0.121. The fourth-order valence-corrected chi connectivity index (χ4v) is 4.13. The highest BCUT2D eigenvalue weighted by molar-refractivity contribution is 7.92. The average molecular weight is 442 g/mol. The second-order valence-electron chi connectivity index (χ2n) is 6.87. The first-order chi connectivity index (χ1) is 14.7. The molecule has 1 amide bonds. The zero-order valence-electron chi connectivity index (χ0n) is 16.7. The SMILES string of the molecule is CC(=O)c1ccc(NS(=O)(=O)c2ccc3c(c2)N(Cc2noc(C)n2)C(=O)CO3)cc1. The van der Waals surface area contributed by atoms with Crippen molar-refractivity contribution >= 4 is 33.1 Å². The van der Waals surface area contributed by atoms with E-state index < -0.39 is 10.0 Å². The van der Waals surface area contributed by atoms with Crippen LogP contribution in [0.5, 0.6) is 5.75 Å². The summed E-state index contributed by atoms with van der Waals surface area (Å²) in [6.45, 7) is 2.88. The molecular formula is C20H18N4O6S. The van der Waals surface area contributed by atoms with Crippen LogP contribution >= 0.6 is 0 Å². The van der Waals surface area contributed by atoms with E-state index in [4.69, 9.17) is 9.26 Å². The molecule has 2 aromatic carbocycles. The summed E-state index contributed by atoms with van der Waals surface area (Å²) >= 11 is 0. The Balaban J connectivity index is 1.63. The van der Waals surface area contributed by atoms with E-state index in [1.165, 1.54) is 54.3 Å². The van der Waals surface area contributed by atoms with Crippen molar-refractivity contribution in [3.63, 3.8) is 0 Å². The van der Waals surface area contributed by atoms with E-state index in [1.54, 1.807) is 6.92 Å². The number of ether oxygens (including phenoxy) is 1. The summed E-state index contributed by atoms with van der Waals surface area (Å²) in [5.74, 6) is 0.524. The third-order valence-corrected chi connectivity index (χ3v) is 5.98. The van der Waals surface area contributed by atoms with Crippen LogP contribution in [-0.4, -0.2) is 36.9 Å². The van der Waals surface area contributed by atoms with Gasteiger partial charge in [0.05, 0.1) is 17.1 Å². The molecule has 0 bridgehead atoms. The Labute approximate surface area is 177 Å². The summed E-state index contributed by atoms with van der Waals surface area (Å²) in [5, 5.41) is 3.79. The number of aromatic nitrogens is 2. The second-order valence-corrected chi connectivity index (χ2v) is 8.55. The number of fused-ring (bicyclic) bond motifs is 1. The first-order valence-electron chi connectivity index (χ1n) is 9.23. The van der Waals surface area contributed by atoms with Crippen LogP contribution in [0.4, 0.5) is 11.4 Å². The molecule has 31 heavy (non-hydrogen) atoms. The Morgan fingerprint density at radius 2 is 1.94 bits per heavy atom. The number of aryl methyl sites for hydroxylation is 1. The topological polar surface area (TPSA) is 132 Å². The van der Waals surface area contributed by atoms with Crippen molar-refractivity contribution in [1.29, 1.82) is 0 Å². The molecule has 10 nitrogen and oxygen atoms in total. The van der Waals surface area contributed by atoms with Gasteiger partial charge >= 0.3 is 0 Å². The van der Waals surface area contributed by atoms with Gasteiger partial charge in [0.15, 0.2) is 18.2 Å². The average Bonchev–Trinajstić information content (AvgIpc) is 3.14. The van der Waals surface area contributed by atoms with Crippen molar-refractivity contribution < 1.29 is 27.3 Å². The number of nitrogens with one attached hydrogen (secondary N) is 1. The molecule has 1 aromatic heterocycles. The van der Waals surface area contributed by atoms with Crippen LogP contribution < -0.4 is 14.4 Å². The molecule has 0 radical (unpaired) electrons. The molecule has 1 aliphatic rings. The van der Waals surface area contributed by atoms with Gasteiger partial charge in [0, 0.05) is 18.2 Å². The molecule has 11 heteroatoms. The van der Waals surface area contributed by atoms with E-state index in [9.17, 15) is 18.0 Å². The summed E-state index contributed by atoms with van der Waals surface area (Å²) in [6, 6.07) is 10.3. The Morgan fingerprint density at radius 1 is 1.19 bits per heavy atom. The number of Topliss-reactive ketones (excluding diaryl/α,β-unsaturated/α-hetero) is 1. The van der Waals surface area contributed by atoms with Crippen LogP contribution in [0.25, 0.3) is 0 Å². The maximum absolute atomic E-state index is 12.9. The van der Waals surface area contributed by atoms with Crippen LogP contribution in [-0.2, 0) is 21.4 Å². The molecule has 1 aliphatic heterocycles. The molecular weight excluding hydrogens is 424 g/mol. The summed E-state index contributed by atoms with van der Waals surface area (Å²) in [5.41, 5.74) is 1.06. The zero-order valence-corrected chi connectivity index (χ0v) is 17.5. The molecule has 0 atom stereocenters. The van der Waals surface area contributed by atoms with Crippen molar-refractivity contribution in [2.24, 2.45) is 0 Å². The van der Waals surface area contributed by atoms with Gasteiger partial charge in [-0.3, -0.25) is 19.2 Å². The lowest BCUT2D eigenvalue weighted by Crippen LogP contribution is -2.38. The van der Waals surface area contributed by atoms with E-state index in [0.717, 1.165) is 0 Å². The lowest BCUT2D eigenvalue weighted by atomic mass is 10.1. The smallest absolute Gasteiger partial charge is 0.265 e. The molecule has 0 aliphatic carbocycles. The third kappa shape index (κ3) is 4.26. The number of hydrogen-bond donors (Lipinski definition) is 1. The predicted molar refractivity (Wildman–Crippen MR) is 109 cm³/mol. The van der Waals surface area contributed by atoms with Crippen LogP contribution in [0.15, 0.2) is 51.9 Å². The normalized spacial score (nSPS) is 13.5. The van der Waals surface area contributed by atoms with Gasteiger partial charge in [-0.05, 0) is 49.4 Å². The molecule has 0 saturated carbocycles. The quantitative estimate of drug-likeness (QED) is 0.575. The largest absolute Gasteiger partial charge is 0.482 e. The minimum atomic E-state index is -3.97. The van der Waals surface area contributed by atoms with Crippen LogP contribution in [0.2, 0.25) is 0 Å². The van der Waals surface area contributed by atoms with Crippen molar-refractivity contribution in [2.75, 3.05) is 16.2 Å². The third-order valence-electron chi connectivity index (χ3n) is 4.60. The summed E-state index contributed by atoms with van der Waals surface area (Å²) < 4.78 is 38.6. The standard InChI is InChI=1S/C20H18N4O6S/c1-12(25)14-3-5-15(6-4-14)23-31(27,28)16-7-8-18-17(9-16)24(20(26)11-29-18)10-19-21-13(2)30-22-19/h3-9,23H,10-11H2,1-2H3. The van der Waals surface area contributed by atoms with Crippen LogP contribution in [0.1, 0.15) is 29.0 Å². The number of amides is 1. The second kappa shape index (κ2) is 7.84. The highest BCUT2D eigenvalue weighted by Gasteiger charge is 2.29. The molecule has 160 valence electrons. The molecule has 0 unspecified atom stereocenters. The highest BCUT2D eigenvalue weighted by Crippen LogP contribution is 2.35. The first-order valence-corrected chi connectivity index (χ1v) is 10.7. The number of hydrogen-bond acceptors (Lipinski definition) is 8. The van der Waals surface area contributed by atoms with E-state index in [1.807, 2.05) is 0 Å². The monoisotopic (exact) mass is 442 g/mol. The fourth-order valence-electron chi connectivity index (χ4n) is 3.06. The number of carbonyl (C=O) groups excluding carboxylic acids is 2. The number of sulfonamides is 1. The van der Waals surface area contributed by atoms with Gasteiger partial charge < -0.3 is 9.26 Å². The van der Waals surface area contributed by atoms with Gasteiger partial charge in [-0.2, -0.15) is 4.98 Å². The van der Waals surface area contributed by atoms with Crippen molar-refractivity contribution in [1.82, 2.24) is 10.1 Å². The van der Waals surface area contributed by atoms with Gasteiger partial charge in [-0.25, -0.2) is 8.42 Å². The predicted octanol–water partition coefficient (Wildman–Crippen LogP) is 2.31. The van der Waals surface area contributed by atoms with Crippen LogP contribution in [0.3, 0.4) is 0 Å². The fraction of sp³-hybridized carbons (Fsp3) is 0.200. The van der Waals surface area contributed by atoms with Gasteiger partial charge in [0.2, 0.25) is 5.89 Å². The molecule has 0 fully saturated rings. The maximum Gasteiger partial charge on any atom is 0.265 e. The van der Waals surface area contributed by atoms with Crippen molar-refractivity contribution in [3.05, 3.63) is 59.7 Å². The summed E-state index contributed by atoms with van der Waals surface area (Å²) in [7, 11) is -3.97. The first kappa shape index (κ1) is 20.5. The van der Waals surface area contributed by atoms with E-state index in [2.05, 4.69) is 14.9 Å². The van der Waals surface area contributed by atoms with E-state index in [-0.39, 0.29) is 41.2 Å². The number of carbonyl (C=O) groups is 2. The lowest BCUT2D eigenvalue weighted by Gasteiger charge is -2.28. The minimum Gasteiger partial charge on any atom is -0.482 e. The van der Waals surface area contributed by atoms with Crippen molar-refractivity contribution in [2.45, 2.75) is 25.3 Å². The molecule has 3 aromatic rings. The van der Waals surface area contributed by atoms with Gasteiger partial charge in [-0.1, -0.05) is 5.16 Å². The van der Waals surface area contributed by atoms with Crippen LogP contribution in [0, 0.1) is 6.92 Å². The molecule has 0 saturated heterocycles. The highest BCUT2D eigenvalue weighted by atomic mass is 32.2. The van der Waals surface area contributed by atoms with Crippen molar-refractivity contribution in [3.8, 4) is 5.75 Å². The van der Waals surface area contributed by atoms with Gasteiger partial charge in [-0.15, -0.1) is 0 Å². The molecule has 0 spiro atoms. The number of rotatable bonds is 6. The maximum atomic E-state index is 12.9. The van der Waals surface area contributed by atoms with Gasteiger partial charge in [0.1, 0.15) is 5.75 Å². The number of ketones is 1. The Kier molecular flexibility index (Phi) is 5.19. The Morgan fingerprint density at radius 3 is 2.58 bits per heavy atom. The van der Waals surface area contributed by atoms with Gasteiger partial charge in [0.25, 0.3) is 15.9 Å². The molecule has 4 rings (SSSR count). The number of benzene rings is 2. The van der Waals surface area contributed by atoms with E-state index >= 15 is 0 Å². The molecule has 2 heterocycles. The Hall–Kier alpha value is -3.73. The zero-order chi connectivity index (χ0) is 22.2. The molecule has 1 N–H and O–H groups in total. The number of anilines is 2.